The zero-order valence-corrected chi connectivity index (χ0v) is 17.3. The van der Waals surface area contributed by atoms with E-state index in [4.69, 9.17) is 9.47 Å². The van der Waals surface area contributed by atoms with Crippen molar-refractivity contribution in [3.8, 4) is 5.75 Å². The van der Waals surface area contributed by atoms with Crippen LogP contribution in [-0.4, -0.2) is 57.1 Å². The van der Waals surface area contributed by atoms with Gasteiger partial charge in [-0.05, 0) is 49.8 Å². The molecule has 1 aliphatic heterocycles. The van der Waals surface area contributed by atoms with Gasteiger partial charge in [-0.3, -0.25) is 0 Å². The fourth-order valence-electron chi connectivity index (χ4n) is 4.91. The Balaban J connectivity index is 1.51. The maximum absolute atomic E-state index is 11.4. The summed E-state index contributed by atoms with van der Waals surface area (Å²) in [6.07, 6.45) is -8.32. The average Bonchev–Trinajstić information content (AvgIpc) is 2.82. The highest BCUT2D eigenvalue weighted by Gasteiger charge is 2.48. The highest BCUT2D eigenvalue weighted by molar-refractivity contribution is 6.29. The third-order valence-corrected chi connectivity index (χ3v) is 6.52. The highest BCUT2D eigenvalue weighted by Crippen LogP contribution is 2.41. The van der Waals surface area contributed by atoms with Crippen molar-refractivity contribution in [3.63, 3.8) is 0 Å². The molecule has 4 N–H and O–H groups in total. The molecule has 5 atom stereocenters. The molecule has 5 aromatic rings. The Labute approximate surface area is 187 Å². The zero-order valence-electron chi connectivity index (χ0n) is 17.3. The Morgan fingerprint density at radius 3 is 2.18 bits per heavy atom. The van der Waals surface area contributed by atoms with Gasteiger partial charge in [0, 0.05) is 5.39 Å². The van der Waals surface area contributed by atoms with Crippen LogP contribution < -0.4 is 4.74 Å². The number of aliphatic carboxylic acids is 1. The summed E-state index contributed by atoms with van der Waals surface area (Å²) in [6.45, 7) is 0. The SMILES string of the molecule is O=C(O)[C@H]1OC(Oc2cccc3c2cc2ccc4cccc5ccc3c2c45)[C@H](O)[C@@H](O)[C@@H]1O. The van der Waals surface area contributed by atoms with E-state index < -0.39 is 36.7 Å². The number of carboxylic acids is 1. The molecule has 0 bridgehead atoms. The fraction of sp³-hybridized carbons (Fsp3) is 0.192. The summed E-state index contributed by atoms with van der Waals surface area (Å²) < 4.78 is 11.2. The Hall–Kier alpha value is -3.49. The van der Waals surface area contributed by atoms with Crippen molar-refractivity contribution in [2.75, 3.05) is 0 Å². The molecule has 0 amide bonds. The monoisotopic (exact) mass is 444 g/mol. The Bertz CT molecular complexity index is 1510. The van der Waals surface area contributed by atoms with E-state index >= 15 is 0 Å². The first kappa shape index (κ1) is 20.1. The number of aliphatic hydroxyl groups is 3. The second kappa shape index (κ2) is 7.26. The Kier molecular flexibility index (Phi) is 4.43. The van der Waals surface area contributed by atoms with Crippen molar-refractivity contribution in [3.05, 3.63) is 66.7 Å². The molecule has 0 saturated carbocycles. The first-order chi connectivity index (χ1) is 15.9. The van der Waals surface area contributed by atoms with Crippen molar-refractivity contribution >= 4 is 49.1 Å². The molecule has 1 fully saturated rings. The summed E-state index contributed by atoms with van der Waals surface area (Å²) in [4.78, 5) is 11.4. The van der Waals surface area contributed by atoms with Crippen LogP contribution in [0.5, 0.6) is 5.75 Å². The van der Waals surface area contributed by atoms with Gasteiger partial charge in [0.2, 0.25) is 6.29 Å². The number of rotatable bonds is 3. The molecule has 6 rings (SSSR count). The summed E-state index contributed by atoms with van der Waals surface area (Å²) in [7, 11) is 0. The summed E-state index contributed by atoms with van der Waals surface area (Å²) in [5, 5.41) is 48.1. The number of carbonyl (C=O) groups is 1. The van der Waals surface area contributed by atoms with Crippen molar-refractivity contribution < 1.29 is 34.7 Å². The van der Waals surface area contributed by atoms with Crippen LogP contribution in [-0.2, 0) is 9.53 Å². The van der Waals surface area contributed by atoms with E-state index in [0.717, 1.165) is 37.7 Å². The molecule has 1 saturated heterocycles. The van der Waals surface area contributed by atoms with Crippen LogP contribution in [0.2, 0.25) is 0 Å². The van der Waals surface area contributed by atoms with Gasteiger partial charge in [-0.2, -0.15) is 0 Å². The third-order valence-electron chi connectivity index (χ3n) is 6.52. The molecule has 7 heteroatoms. The molecule has 7 nitrogen and oxygen atoms in total. The third kappa shape index (κ3) is 2.94. The van der Waals surface area contributed by atoms with Gasteiger partial charge in [-0.25, -0.2) is 4.79 Å². The number of aliphatic hydroxyl groups excluding tert-OH is 3. The van der Waals surface area contributed by atoms with E-state index in [0.29, 0.717) is 5.75 Å². The second-order valence-electron chi connectivity index (χ2n) is 8.44. The van der Waals surface area contributed by atoms with Crippen LogP contribution >= 0.6 is 0 Å². The van der Waals surface area contributed by atoms with Crippen molar-refractivity contribution in [1.29, 1.82) is 0 Å². The first-order valence-corrected chi connectivity index (χ1v) is 10.6. The lowest BCUT2D eigenvalue weighted by Crippen LogP contribution is -2.61. The number of carboxylic acid groups (broad SMARTS) is 1. The summed E-state index contributed by atoms with van der Waals surface area (Å²) in [5.74, 6) is -1.09. The van der Waals surface area contributed by atoms with Crippen molar-refractivity contribution in [1.82, 2.24) is 0 Å². The second-order valence-corrected chi connectivity index (χ2v) is 8.44. The highest BCUT2D eigenvalue weighted by atomic mass is 16.7. The van der Waals surface area contributed by atoms with E-state index in [2.05, 4.69) is 30.3 Å². The minimum absolute atomic E-state index is 0.370. The molecular formula is C26H20O7. The minimum atomic E-state index is -1.77. The average molecular weight is 444 g/mol. The predicted octanol–water partition coefficient (Wildman–Crippen LogP) is 3.01. The van der Waals surface area contributed by atoms with E-state index in [1.165, 1.54) is 5.39 Å². The van der Waals surface area contributed by atoms with Crippen molar-refractivity contribution in [2.24, 2.45) is 0 Å². The van der Waals surface area contributed by atoms with Crippen LogP contribution in [0.4, 0.5) is 0 Å². The molecule has 1 unspecified atom stereocenters. The topological polar surface area (TPSA) is 116 Å². The normalized spacial score (nSPS) is 25.8. The standard InChI is InChI=1S/C26H20O7/c27-21-22(28)24(25(30)31)33-26(23(21)29)32-18-6-2-5-15-16-10-9-13-4-1-3-12-7-8-14(11-17(15)18)20(16)19(12)13/h1-11,21-24,26-29H,(H,30,31)/t21-,22-,23+,24-,26?/m0/s1. The van der Waals surface area contributed by atoms with E-state index in [1.54, 1.807) is 6.07 Å². The number of benzene rings is 5. The van der Waals surface area contributed by atoms with Crippen molar-refractivity contribution in [2.45, 2.75) is 30.7 Å². The van der Waals surface area contributed by atoms with Gasteiger partial charge < -0.3 is 29.9 Å². The summed E-state index contributed by atoms with van der Waals surface area (Å²) in [5.41, 5.74) is 0. The molecule has 0 spiro atoms. The molecule has 0 aromatic heterocycles. The molecule has 0 radical (unpaired) electrons. The van der Waals surface area contributed by atoms with Crippen LogP contribution in [0.1, 0.15) is 0 Å². The van der Waals surface area contributed by atoms with Gasteiger partial charge in [-0.15, -0.1) is 0 Å². The zero-order chi connectivity index (χ0) is 22.9. The van der Waals surface area contributed by atoms with Gasteiger partial charge in [0.1, 0.15) is 24.1 Å². The lowest BCUT2D eigenvalue weighted by Gasteiger charge is -2.38. The smallest absolute Gasteiger partial charge is 0.335 e. The molecular weight excluding hydrogens is 424 g/mol. The number of hydrogen-bond donors (Lipinski definition) is 4. The fourth-order valence-corrected chi connectivity index (χ4v) is 4.91. The molecule has 166 valence electrons. The molecule has 33 heavy (non-hydrogen) atoms. The van der Waals surface area contributed by atoms with Gasteiger partial charge in [0.25, 0.3) is 0 Å². The van der Waals surface area contributed by atoms with Crippen LogP contribution in [0.25, 0.3) is 43.1 Å². The van der Waals surface area contributed by atoms with E-state index in [1.807, 2.05) is 30.3 Å². The predicted molar refractivity (Wildman–Crippen MR) is 123 cm³/mol. The van der Waals surface area contributed by atoms with Crippen LogP contribution in [0.15, 0.2) is 66.7 Å². The molecule has 1 heterocycles. The number of fused-ring (bicyclic) bond motifs is 2. The molecule has 0 aliphatic carbocycles. The van der Waals surface area contributed by atoms with Gasteiger partial charge in [-0.1, -0.05) is 54.6 Å². The number of ether oxygens (including phenoxy) is 2. The molecule has 1 aliphatic rings. The number of hydrogen-bond acceptors (Lipinski definition) is 6. The van der Waals surface area contributed by atoms with Crippen LogP contribution in [0, 0.1) is 0 Å². The molecule has 5 aromatic carbocycles. The Morgan fingerprint density at radius 2 is 1.42 bits per heavy atom. The quantitative estimate of drug-likeness (QED) is 0.250. The maximum atomic E-state index is 11.4. The Morgan fingerprint density at radius 1 is 0.727 bits per heavy atom. The summed E-state index contributed by atoms with van der Waals surface area (Å²) >= 11 is 0. The summed E-state index contributed by atoms with van der Waals surface area (Å²) in [6, 6.07) is 22.0. The first-order valence-electron chi connectivity index (χ1n) is 10.6. The minimum Gasteiger partial charge on any atom is -0.479 e. The maximum Gasteiger partial charge on any atom is 0.335 e. The lowest BCUT2D eigenvalue weighted by atomic mass is 9.91. The van der Waals surface area contributed by atoms with Gasteiger partial charge in [0.05, 0.1) is 0 Å². The van der Waals surface area contributed by atoms with Crippen LogP contribution in [0.3, 0.4) is 0 Å². The van der Waals surface area contributed by atoms with Gasteiger partial charge in [0.15, 0.2) is 6.10 Å². The van der Waals surface area contributed by atoms with E-state index in [-0.39, 0.29) is 0 Å². The largest absolute Gasteiger partial charge is 0.479 e. The van der Waals surface area contributed by atoms with Gasteiger partial charge >= 0.3 is 5.97 Å². The van der Waals surface area contributed by atoms with E-state index in [9.17, 15) is 25.2 Å². The lowest BCUT2D eigenvalue weighted by molar-refractivity contribution is -0.270.